The normalized spacial score (nSPS) is 14.9. The average molecular weight is 270 g/mol. The number of imide groups is 2. The zero-order valence-corrected chi connectivity index (χ0v) is 10.6. The van der Waals surface area contributed by atoms with E-state index in [0.717, 1.165) is 7.05 Å². The third-order valence-corrected chi connectivity index (χ3v) is 2.37. The van der Waals surface area contributed by atoms with Crippen LogP contribution in [0.4, 0.5) is 4.79 Å². The molecule has 0 saturated carbocycles. The van der Waals surface area contributed by atoms with E-state index in [1.807, 2.05) is 0 Å². The largest absolute Gasteiger partial charge is 0.355 e. The molecular weight excluding hydrogens is 256 g/mol. The van der Waals surface area contributed by atoms with Gasteiger partial charge in [0, 0.05) is 13.6 Å². The van der Waals surface area contributed by atoms with E-state index in [1.165, 1.54) is 0 Å². The molecule has 1 saturated heterocycles. The summed E-state index contributed by atoms with van der Waals surface area (Å²) in [7, 11) is 1.15. The van der Waals surface area contributed by atoms with E-state index < -0.39 is 30.3 Å². The average Bonchev–Trinajstić information content (AvgIpc) is 2.55. The van der Waals surface area contributed by atoms with Crippen molar-refractivity contribution in [1.29, 1.82) is 0 Å². The summed E-state index contributed by atoms with van der Waals surface area (Å²) in [6, 6.07) is -0.858. The molecule has 9 nitrogen and oxygen atoms in total. The topological polar surface area (TPSA) is 116 Å². The highest BCUT2D eigenvalue weighted by Crippen LogP contribution is 2.08. The number of urea groups is 1. The Morgan fingerprint density at radius 1 is 1.05 bits per heavy atom. The van der Waals surface area contributed by atoms with Crippen LogP contribution in [0.25, 0.3) is 0 Å². The van der Waals surface area contributed by atoms with Crippen molar-refractivity contribution in [3.63, 3.8) is 0 Å². The minimum absolute atomic E-state index is 0.257. The molecule has 0 atom stereocenters. The Hall–Kier alpha value is -2.45. The van der Waals surface area contributed by atoms with Crippen molar-refractivity contribution in [2.45, 2.75) is 6.92 Å². The molecule has 0 aromatic carbocycles. The summed E-state index contributed by atoms with van der Waals surface area (Å²) >= 11 is 0. The van der Waals surface area contributed by atoms with Crippen LogP contribution >= 0.6 is 0 Å². The van der Waals surface area contributed by atoms with Crippen molar-refractivity contribution in [2.24, 2.45) is 0 Å². The smallest absolute Gasteiger partial charge is 0.334 e. The summed E-state index contributed by atoms with van der Waals surface area (Å²) in [5.41, 5.74) is 0. The van der Waals surface area contributed by atoms with E-state index in [2.05, 4.69) is 10.6 Å². The van der Waals surface area contributed by atoms with Crippen LogP contribution in [0.5, 0.6) is 0 Å². The standard InChI is InChI=1S/C10H14N4O5/c1-3-11-6(15)4-12-7(16)5-14-9(18)8(17)13(2)10(14)19/h3-5H2,1-2H3,(H,11,15)(H,12,16). The number of amides is 6. The predicted molar refractivity (Wildman–Crippen MR) is 61.6 cm³/mol. The SMILES string of the molecule is CCNC(=O)CNC(=O)CN1C(=O)C(=O)N(C)C1=O. The van der Waals surface area contributed by atoms with Gasteiger partial charge >= 0.3 is 17.8 Å². The first kappa shape index (κ1) is 14.6. The molecule has 1 aliphatic rings. The summed E-state index contributed by atoms with van der Waals surface area (Å²) in [6.45, 7) is 1.31. The van der Waals surface area contributed by atoms with Gasteiger partial charge in [-0.25, -0.2) is 9.69 Å². The van der Waals surface area contributed by atoms with Crippen molar-refractivity contribution < 1.29 is 24.0 Å². The van der Waals surface area contributed by atoms with Gasteiger partial charge in [-0.2, -0.15) is 0 Å². The Labute approximate surface area is 108 Å². The van der Waals surface area contributed by atoms with Crippen molar-refractivity contribution in [3.8, 4) is 0 Å². The summed E-state index contributed by atoms with van der Waals surface area (Å²) in [4.78, 5) is 57.7. The summed E-state index contributed by atoms with van der Waals surface area (Å²) < 4.78 is 0. The molecule has 19 heavy (non-hydrogen) atoms. The molecular formula is C10H14N4O5. The van der Waals surface area contributed by atoms with Crippen LogP contribution in [-0.4, -0.2) is 66.1 Å². The zero-order valence-electron chi connectivity index (χ0n) is 10.6. The molecule has 1 heterocycles. The van der Waals surface area contributed by atoms with Gasteiger partial charge in [0.15, 0.2) is 0 Å². The first-order valence-corrected chi connectivity index (χ1v) is 5.55. The monoisotopic (exact) mass is 270 g/mol. The second-order valence-corrected chi connectivity index (χ2v) is 3.77. The number of nitrogens with zero attached hydrogens (tertiary/aromatic N) is 2. The number of hydrogen-bond donors (Lipinski definition) is 2. The van der Waals surface area contributed by atoms with Gasteiger partial charge in [-0.05, 0) is 6.92 Å². The molecule has 0 unspecified atom stereocenters. The second kappa shape index (κ2) is 5.94. The molecule has 0 spiro atoms. The Morgan fingerprint density at radius 2 is 1.68 bits per heavy atom. The second-order valence-electron chi connectivity index (χ2n) is 3.77. The number of hydrogen-bond acceptors (Lipinski definition) is 5. The number of nitrogens with one attached hydrogen (secondary N) is 2. The Balaban J connectivity index is 2.49. The fourth-order valence-electron chi connectivity index (χ4n) is 1.39. The number of likely N-dealkylation sites (N-methyl/N-ethyl adjacent to an activating group) is 2. The molecule has 6 amide bonds. The zero-order chi connectivity index (χ0) is 14.6. The third kappa shape index (κ3) is 3.27. The van der Waals surface area contributed by atoms with E-state index in [9.17, 15) is 24.0 Å². The van der Waals surface area contributed by atoms with Crippen molar-refractivity contribution in [2.75, 3.05) is 26.7 Å². The summed E-state index contributed by atoms with van der Waals surface area (Å²) in [5.74, 6) is -3.12. The van der Waals surface area contributed by atoms with Gasteiger partial charge in [-0.15, -0.1) is 0 Å². The van der Waals surface area contributed by atoms with Gasteiger partial charge < -0.3 is 10.6 Å². The predicted octanol–water partition coefficient (Wildman–Crippen LogP) is -2.34. The van der Waals surface area contributed by atoms with E-state index in [4.69, 9.17) is 0 Å². The molecule has 1 fully saturated rings. The Bertz CT molecular complexity index is 447. The van der Waals surface area contributed by atoms with Crippen LogP contribution in [0.3, 0.4) is 0 Å². The highest BCUT2D eigenvalue weighted by atomic mass is 16.2. The number of carbonyl (C=O) groups excluding carboxylic acids is 5. The molecule has 0 radical (unpaired) electrons. The van der Waals surface area contributed by atoms with Gasteiger partial charge in [0.05, 0.1) is 6.54 Å². The minimum atomic E-state index is -1.05. The first-order valence-electron chi connectivity index (χ1n) is 5.55. The maximum atomic E-state index is 11.5. The van der Waals surface area contributed by atoms with Crippen LogP contribution in [-0.2, 0) is 19.2 Å². The lowest BCUT2D eigenvalue weighted by atomic mass is 10.4. The van der Waals surface area contributed by atoms with Gasteiger partial charge in [0.1, 0.15) is 6.54 Å². The molecule has 1 aliphatic heterocycles. The van der Waals surface area contributed by atoms with E-state index >= 15 is 0 Å². The molecule has 0 aromatic heterocycles. The van der Waals surface area contributed by atoms with Crippen LogP contribution in [0.15, 0.2) is 0 Å². The molecule has 0 bridgehead atoms. The molecule has 1 rings (SSSR count). The van der Waals surface area contributed by atoms with Gasteiger partial charge in [0.25, 0.3) is 0 Å². The van der Waals surface area contributed by atoms with Gasteiger partial charge in [-0.3, -0.25) is 24.1 Å². The molecule has 0 aromatic rings. The van der Waals surface area contributed by atoms with Crippen LogP contribution < -0.4 is 10.6 Å². The van der Waals surface area contributed by atoms with E-state index in [0.29, 0.717) is 16.3 Å². The Kier molecular flexibility index (Phi) is 4.56. The maximum absolute atomic E-state index is 11.5. The number of carbonyl (C=O) groups is 5. The first-order chi connectivity index (χ1) is 8.88. The molecule has 0 aliphatic carbocycles. The third-order valence-electron chi connectivity index (χ3n) is 2.37. The van der Waals surface area contributed by atoms with Crippen molar-refractivity contribution in [1.82, 2.24) is 20.4 Å². The fourth-order valence-corrected chi connectivity index (χ4v) is 1.39. The summed E-state index contributed by atoms with van der Waals surface area (Å²) in [5, 5.41) is 4.70. The maximum Gasteiger partial charge on any atom is 0.334 e. The molecule has 104 valence electrons. The highest BCUT2D eigenvalue weighted by Gasteiger charge is 2.42. The Morgan fingerprint density at radius 3 is 2.16 bits per heavy atom. The van der Waals surface area contributed by atoms with Gasteiger partial charge in [-0.1, -0.05) is 0 Å². The minimum Gasteiger partial charge on any atom is -0.355 e. The lowest BCUT2D eigenvalue weighted by Crippen LogP contribution is -2.44. The number of rotatable bonds is 5. The highest BCUT2D eigenvalue weighted by molar-refractivity contribution is 6.44. The van der Waals surface area contributed by atoms with E-state index in [1.54, 1.807) is 6.92 Å². The van der Waals surface area contributed by atoms with Crippen LogP contribution in [0.2, 0.25) is 0 Å². The molecule has 2 N–H and O–H groups in total. The van der Waals surface area contributed by atoms with Gasteiger partial charge in [0.2, 0.25) is 11.8 Å². The van der Waals surface area contributed by atoms with E-state index in [-0.39, 0.29) is 12.5 Å². The van der Waals surface area contributed by atoms with Crippen LogP contribution in [0, 0.1) is 0 Å². The lowest BCUT2D eigenvalue weighted by molar-refractivity contribution is -0.143. The van der Waals surface area contributed by atoms with Crippen molar-refractivity contribution in [3.05, 3.63) is 0 Å². The summed E-state index contributed by atoms with van der Waals surface area (Å²) in [6.07, 6.45) is 0. The molecule has 9 heteroatoms. The van der Waals surface area contributed by atoms with Crippen LogP contribution in [0.1, 0.15) is 6.92 Å². The lowest BCUT2D eigenvalue weighted by Gasteiger charge is -2.12. The quantitative estimate of drug-likeness (QED) is 0.429. The van der Waals surface area contributed by atoms with Crippen molar-refractivity contribution >= 4 is 29.7 Å². The fraction of sp³-hybridized carbons (Fsp3) is 0.500.